The molecular weight excluding hydrogens is 548 g/mol. The van der Waals surface area contributed by atoms with Gasteiger partial charge in [0.15, 0.2) is 6.61 Å². The van der Waals surface area contributed by atoms with Crippen LogP contribution in [0.15, 0.2) is 97.1 Å². The number of nitrogens with zero attached hydrogens (tertiary/aromatic N) is 3. The molecule has 0 bridgehead atoms. The van der Waals surface area contributed by atoms with Crippen molar-refractivity contribution in [2.45, 2.75) is 39.3 Å². The van der Waals surface area contributed by atoms with E-state index in [0.29, 0.717) is 16.6 Å². The molecule has 1 saturated heterocycles. The van der Waals surface area contributed by atoms with Crippen LogP contribution in [-0.2, 0) is 16.1 Å². The Labute approximate surface area is 257 Å². The first kappa shape index (κ1) is 29.2. The first-order chi connectivity index (χ1) is 21.4. The third-order valence-electron chi connectivity index (χ3n) is 8.09. The summed E-state index contributed by atoms with van der Waals surface area (Å²) in [6, 6.07) is 32.0. The first-order valence-corrected chi connectivity index (χ1v) is 15.1. The van der Waals surface area contributed by atoms with Crippen LogP contribution < -0.4 is 5.32 Å². The molecule has 1 aromatic heterocycles. The number of piperidine rings is 1. The van der Waals surface area contributed by atoms with Crippen LogP contribution in [0.4, 0.5) is 0 Å². The second kappa shape index (κ2) is 13.2. The minimum absolute atomic E-state index is 0.0760. The average molecular weight is 585 g/mol. The maximum absolute atomic E-state index is 13.0. The van der Waals surface area contributed by atoms with Crippen molar-refractivity contribution < 1.29 is 14.3 Å². The van der Waals surface area contributed by atoms with Gasteiger partial charge < -0.3 is 10.1 Å². The molecule has 1 amide bonds. The third-order valence-corrected chi connectivity index (χ3v) is 8.09. The molecular formula is C37H36N4O3. The molecule has 6 rings (SSSR count). The van der Waals surface area contributed by atoms with Crippen LogP contribution in [0.25, 0.3) is 33.5 Å². The zero-order valence-corrected chi connectivity index (χ0v) is 25.1. The van der Waals surface area contributed by atoms with Gasteiger partial charge in [0.1, 0.15) is 0 Å². The molecule has 2 heterocycles. The monoisotopic (exact) mass is 584 g/mol. The number of hydrogen-bond acceptors (Lipinski definition) is 6. The number of aromatic nitrogens is 2. The maximum atomic E-state index is 13.0. The summed E-state index contributed by atoms with van der Waals surface area (Å²) in [6.45, 7) is 6.51. The fourth-order valence-corrected chi connectivity index (χ4v) is 5.57. The van der Waals surface area contributed by atoms with Crippen LogP contribution in [0.3, 0.4) is 0 Å². The number of benzene rings is 4. The second-order valence-electron chi connectivity index (χ2n) is 11.5. The number of nitrogens with one attached hydrogen (secondary N) is 1. The fourth-order valence-electron chi connectivity index (χ4n) is 5.57. The molecule has 1 fully saturated rings. The second-order valence-corrected chi connectivity index (χ2v) is 11.5. The summed E-state index contributed by atoms with van der Waals surface area (Å²) in [5.74, 6) is -0.856. The number of carbonyl (C=O) groups is 2. The third kappa shape index (κ3) is 7.01. The van der Waals surface area contributed by atoms with E-state index in [-0.39, 0.29) is 18.6 Å². The first-order valence-electron chi connectivity index (χ1n) is 15.1. The van der Waals surface area contributed by atoms with Crippen LogP contribution >= 0.6 is 0 Å². The summed E-state index contributed by atoms with van der Waals surface area (Å²) in [4.78, 5) is 37.9. The lowest BCUT2D eigenvalue weighted by Gasteiger charge is -2.32. The highest BCUT2D eigenvalue weighted by molar-refractivity contribution is 5.96. The summed E-state index contributed by atoms with van der Waals surface area (Å²) in [5.41, 5.74) is 8.61. The Morgan fingerprint density at radius 2 is 1.36 bits per heavy atom. The van der Waals surface area contributed by atoms with E-state index in [4.69, 9.17) is 14.7 Å². The average Bonchev–Trinajstić information content (AvgIpc) is 3.05. The van der Waals surface area contributed by atoms with Crippen molar-refractivity contribution in [1.29, 1.82) is 0 Å². The predicted octanol–water partition coefficient (Wildman–Crippen LogP) is 6.52. The Kier molecular flexibility index (Phi) is 8.75. The number of fused-ring (bicyclic) bond motifs is 1. The van der Waals surface area contributed by atoms with E-state index in [1.54, 1.807) is 18.2 Å². The van der Waals surface area contributed by atoms with Crippen molar-refractivity contribution in [3.8, 4) is 22.5 Å². The summed E-state index contributed by atoms with van der Waals surface area (Å²) in [7, 11) is 0. The topological polar surface area (TPSA) is 84.4 Å². The summed E-state index contributed by atoms with van der Waals surface area (Å²) in [6.07, 6.45) is 1.73. The van der Waals surface area contributed by atoms with Crippen LogP contribution in [0.5, 0.6) is 0 Å². The smallest absolute Gasteiger partial charge is 0.338 e. The number of amides is 1. The van der Waals surface area contributed by atoms with Gasteiger partial charge >= 0.3 is 5.97 Å². The molecule has 0 unspecified atom stereocenters. The van der Waals surface area contributed by atoms with E-state index in [1.807, 2.05) is 49.4 Å². The quantitative estimate of drug-likeness (QED) is 0.209. The standard InChI is InChI=1S/C37H36N4O3/c1-25-8-12-28(13-9-25)35-36(29-14-10-26(2)11-15-29)40-33-22-30(16-17-32(33)39-35)37(43)44-24-34(42)38-31-18-20-41(21-19-31)23-27-6-4-3-5-7-27/h3-17,22,31H,18-21,23-24H2,1-2H3,(H,38,42). The normalized spacial score (nSPS) is 14.0. The molecule has 1 aliphatic rings. The number of aryl methyl sites for hydroxylation is 2. The number of carbonyl (C=O) groups excluding carboxylic acids is 2. The molecule has 1 aliphatic heterocycles. The SMILES string of the molecule is Cc1ccc(-c2nc3ccc(C(=O)OCC(=O)NC4CCN(Cc5ccccc5)CC4)cc3nc2-c2ccc(C)cc2)cc1. The fraction of sp³-hybridized carbons (Fsp3) is 0.243. The highest BCUT2D eigenvalue weighted by Gasteiger charge is 2.22. The lowest BCUT2D eigenvalue weighted by atomic mass is 10.0. The minimum atomic E-state index is -0.568. The van der Waals surface area contributed by atoms with Crippen LogP contribution in [0.1, 0.15) is 39.9 Å². The lowest BCUT2D eigenvalue weighted by molar-refractivity contribution is -0.125. The molecule has 7 nitrogen and oxygen atoms in total. The van der Waals surface area contributed by atoms with Crippen LogP contribution in [0, 0.1) is 13.8 Å². The van der Waals surface area contributed by atoms with Crippen molar-refractivity contribution in [3.05, 3.63) is 119 Å². The van der Waals surface area contributed by atoms with E-state index in [2.05, 4.69) is 53.5 Å². The number of rotatable bonds is 8. The van der Waals surface area contributed by atoms with Crippen LogP contribution in [-0.4, -0.2) is 52.5 Å². The van der Waals surface area contributed by atoms with E-state index in [0.717, 1.165) is 60.6 Å². The van der Waals surface area contributed by atoms with Gasteiger partial charge in [0.05, 0.1) is 28.0 Å². The molecule has 0 aliphatic carbocycles. The van der Waals surface area contributed by atoms with Crippen molar-refractivity contribution in [3.63, 3.8) is 0 Å². The van der Waals surface area contributed by atoms with E-state index in [9.17, 15) is 9.59 Å². The van der Waals surface area contributed by atoms with E-state index in [1.165, 1.54) is 11.1 Å². The van der Waals surface area contributed by atoms with Gasteiger partial charge in [-0.1, -0.05) is 90.0 Å². The van der Waals surface area contributed by atoms with E-state index < -0.39 is 5.97 Å². The molecule has 0 spiro atoms. The zero-order valence-electron chi connectivity index (χ0n) is 25.1. The van der Waals surface area contributed by atoms with Crippen molar-refractivity contribution in [2.75, 3.05) is 19.7 Å². The van der Waals surface area contributed by atoms with Crippen molar-refractivity contribution in [1.82, 2.24) is 20.2 Å². The number of esters is 1. The molecule has 0 atom stereocenters. The Morgan fingerprint density at radius 3 is 1.98 bits per heavy atom. The Bertz CT molecular complexity index is 1760. The predicted molar refractivity (Wildman–Crippen MR) is 173 cm³/mol. The number of hydrogen-bond donors (Lipinski definition) is 1. The molecule has 0 saturated carbocycles. The van der Waals surface area contributed by atoms with Gasteiger partial charge in [0.25, 0.3) is 5.91 Å². The van der Waals surface area contributed by atoms with Gasteiger partial charge in [-0.3, -0.25) is 9.69 Å². The summed E-state index contributed by atoms with van der Waals surface area (Å²) >= 11 is 0. The zero-order chi connectivity index (χ0) is 30.5. The molecule has 44 heavy (non-hydrogen) atoms. The lowest BCUT2D eigenvalue weighted by Crippen LogP contribution is -2.45. The maximum Gasteiger partial charge on any atom is 0.338 e. The van der Waals surface area contributed by atoms with Gasteiger partial charge in [0.2, 0.25) is 0 Å². The van der Waals surface area contributed by atoms with Gasteiger partial charge in [-0.2, -0.15) is 0 Å². The van der Waals surface area contributed by atoms with Gasteiger partial charge in [-0.05, 0) is 50.5 Å². The summed E-state index contributed by atoms with van der Waals surface area (Å²) in [5, 5.41) is 3.03. The van der Waals surface area contributed by atoms with E-state index >= 15 is 0 Å². The number of ether oxygens (including phenoxy) is 1. The summed E-state index contributed by atoms with van der Waals surface area (Å²) < 4.78 is 5.40. The number of likely N-dealkylation sites (tertiary alicyclic amines) is 1. The van der Waals surface area contributed by atoms with Gasteiger partial charge in [-0.25, -0.2) is 14.8 Å². The Morgan fingerprint density at radius 1 is 0.773 bits per heavy atom. The Balaban J connectivity index is 1.11. The molecule has 5 aromatic rings. The Hall–Kier alpha value is -4.88. The van der Waals surface area contributed by atoms with Crippen LogP contribution in [0.2, 0.25) is 0 Å². The molecule has 222 valence electrons. The highest BCUT2D eigenvalue weighted by atomic mass is 16.5. The highest BCUT2D eigenvalue weighted by Crippen LogP contribution is 2.31. The largest absolute Gasteiger partial charge is 0.452 e. The van der Waals surface area contributed by atoms with Crippen molar-refractivity contribution in [2.24, 2.45) is 0 Å². The van der Waals surface area contributed by atoms with Gasteiger partial charge in [-0.15, -0.1) is 0 Å². The molecule has 0 radical (unpaired) electrons. The minimum Gasteiger partial charge on any atom is -0.452 e. The van der Waals surface area contributed by atoms with Crippen molar-refractivity contribution >= 4 is 22.9 Å². The molecule has 4 aromatic carbocycles. The molecule has 1 N–H and O–H groups in total. The molecule has 7 heteroatoms. The van der Waals surface area contributed by atoms with Gasteiger partial charge in [0, 0.05) is 36.8 Å².